The minimum atomic E-state index is -1.70. The lowest BCUT2D eigenvalue weighted by Crippen LogP contribution is -2.61. The second kappa shape index (κ2) is 39.1. The van der Waals surface area contributed by atoms with Gasteiger partial charge in [-0.05, 0) is 115 Å². The normalized spacial score (nSPS) is 14.1. The molecule has 0 fully saturated rings. The zero-order chi connectivity index (χ0) is 68.7. The molecule has 26 heteroatoms. The zero-order valence-corrected chi connectivity index (χ0v) is 54.9. The number of methoxy groups -OCH3 is 1. The average Bonchev–Trinajstić information content (AvgIpc) is 0.915. The number of primary amides is 2. The van der Waals surface area contributed by atoms with E-state index in [-0.39, 0.29) is 57.7 Å². The monoisotopic (exact) mass is 1310 g/mol. The van der Waals surface area contributed by atoms with Gasteiger partial charge in [-0.3, -0.25) is 43.2 Å². The third-order valence-electron chi connectivity index (χ3n) is 14.8. The minimum Gasteiger partial charge on any atom is -0.497 e. The number of nitrogens with zero attached hydrogens (tertiary/aromatic N) is 2. The van der Waals surface area contributed by atoms with E-state index in [1.807, 2.05) is 36.4 Å². The van der Waals surface area contributed by atoms with Gasteiger partial charge in [0.2, 0.25) is 53.2 Å². The van der Waals surface area contributed by atoms with Gasteiger partial charge in [-0.2, -0.15) is 22.0 Å². The number of ether oxygens (including phenoxy) is 3. The van der Waals surface area contributed by atoms with E-state index in [0.29, 0.717) is 34.0 Å². The largest absolute Gasteiger partial charge is 0.497 e. The van der Waals surface area contributed by atoms with Gasteiger partial charge in [0.1, 0.15) is 48.6 Å². The summed E-state index contributed by atoms with van der Waals surface area (Å²) in [5.41, 5.74) is 21.3. The molecule has 5 aromatic carbocycles. The Morgan fingerprint density at radius 1 is 0.479 bits per heavy atom. The Hall–Kier alpha value is -9.53. The van der Waals surface area contributed by atoms with Crippen LogP contribution in [0.25, 0.3) is 0 Å². The van der Waals surface area contributed by atoms with Gasteiger partial charge in [0.25, 0.3) is 0 Å². The van der Waals surface area contributed by atoms with Crippen molar-refractivity contribution in [3.8, 4) is 5.75 Å². The molecule has 0 aliphatic heterocycles. The minimum absolute atomic E-state index is 0.00917. The predicted molar refractivity (Wildman–Crippen MR) is 355 cm³/mol. The molecule has 0 spiro atoms. The maximum absolute atomic E-state index is 14.7. The Labute approximate surface area is 552 Å². The van der Waals surface area contributed by atoms with Crippen LogP contribution in [0, 0.1) is 11.8 Å². The number of azo groups is 1. The van der Waals surface area contributed by atoms with E-state index in [0.717, 1.165) is 11.1 Å². The Balaban J connectivity index is 1.33. The summed E-state index contributed by atoms with van der Waals surface area (Å²) in [5.74, 6) is -8.33. The van der Waals surface area contributed by atoms with Crippen molar-refractivity contribution >= 4 is 82.3 Å². The summed E-state index contributed by atoms with van der Waals surface area (Å²) < 4.78 is 17.0. The highest BCUT2D eigenvalue weighted by Crippen LogP contribution is 2.22. The molecule has 0 aliphatic rings. The van der Waals surface area contributed by atoms with Crippen molar-refractivity contribution in [1.29, 1.82) is 0 Å². The number of thioether (sulfide) groups is 1. The van der Waals surface area contributed by atoms with Crippen molar-refractivity contribution in [2.75, 3.05) is 19.1 Å². The first-order valence-electron chi connectivity index (χ1n) is 30.9. The van der Waals surface area contributed by atoms with Gasteiger partial charge in [-0.15, -0.1) is 0 Å². The van der Waals surface area contributed by atoms with Gasteiger partial charge in [-0.25, -0.2) is 4.79 Å². The van der Waals surface area contributed by atoms with Crippen molar-refractivity contribution < 1.29 is 62.2 Å². The number of nitrogens with two attached hydrogens (primary N) is 3. The van der Waals surface area contributed by atoms with E-state index in [1.165, 1.54) is 11.8 Å². The van der Waals surface area contributed by atoms with Crippen molar-refractivity contribution in [3.63, 3.8) is 0 Å². The number of hydrogen-bond donors (Lipinski definition) is 10. The fourth-order valence-corrected chi connectivity index (χ4v) is 10.00. The molecule has 13 N–H and O–H groups in total. The number of hydrogen-bond acceptors (Lipinski definition) is 17. The van der Waals surface area contributed by atoms with Crippen LogP contribution in [0.4, 0.5) is 11.4 Å². The van der Waals surface area contributed by atoms with Crippen LogP contribution in [0.3, 0.4) is 0 Å². The van der Waals surface area contributed by atoms with E-state index >= 15 is 0 Å². The second-order valence-corrected chi connectivity index (χ2v) is 24.3. The first-order valence-corrected chi connectivity index (χ1v) is 32.3. The number of nitrogens with one attached hydrogen (secondary N) is 7. The molecule has 25 nitrogen and oxygen atoms in total. The van der Waals surface area contributed by atoms with E-state index in [2.05, 4.69) is 47.4 Å². The molecule has 0 radical (unpaired) electrons. The average molecular weight is 1310 g/mol. The van der Waals surface area contributed by atoms with Gasteiger partial charge in [0, 0.05) is 12.8 Å². The summed E-state index contributed by atoms with van der Waals surface area (Å²) in [6, 6.07) is 29.4. The Morgan fingerprint density at radius 2 is 0.936 bits per heavy atom. The summed E-state index contributed by atoms with van der Waals surface area (Å²) in [5, 5.41) is 27.2. The molecule has 0 aliphatic carbocycles. The lowest BCUT2D eigenvalue weighted by Gasteiger charge is -2.29. The number of carbonyl (C=O) groups is 10. The number of amides is 9. The van der Waals surface area contributed by atoms with Gasteiger partial charge >= 0.3 is 5.97 Å². The molecule has 0 saturated carbocycles. The molecule has 0 saturated heterocycles. The molecule has 504 valence electrons. The highest BCUT2D eigenvalue weighted by atomic mass is 32.2. The fraction of sp³-hybridized carbons (Fsp3) is 0.412. The Morgan fingerprint density at radius 3 is 1.47 bits per heavy atom. The van der Waals surface area contributed by atoms with Crippen molar-refractivity contribution in [2.45, 2.75) is 147 Å². The van der Waals surface area contributed by atoms with Gasteiger partial charge < -0.3 is 68.6 Å². The maximum atomic E-state index is 14.7. The van der Waals surface area contributed by atoms with Crippen LogP contribution in [-0.4, -0.2) is 133 Å². The lowest BCUT2D eigenvalue weighted by molar-refractivity contribution is -0.154. The topological polar surface area (TPSA) is 385 Å². The van der Waals surface area contributed by atoms with E-state index in [9.17, 15) is 47.9 Å². The van der Waals surface area contributed by atoms with Gasteiger partial charge in [0.15, 0.2) is 6.04 Å². The number of benzene rings is 5. The summed E-state index contributed by atoms with van der Waals surface area (Å²) in [6.45, 7) is 8.29. The van der Waals surface area contributed by atoms with Crippen molar-refractivity contribution in [3.05, 3.63) is 162 Å². The standard InChI is InChI=1S/C68H88N12O13S/c1-41(2)35-54(74-65(87)55(37-45-19-13-9-14-20-45)75-62(84)52(31-32-57(70)81)73-67(89)59(42(3)4)77-61(83)51(69)36-44-17-11-8-12-18-44)64(86)72-53(33-34-94-7)63(85)76-56(38-58(71)82)66(88)78-60(43(5)92-39-46-21-15-10-16-22-46)68(90)93-40-47-23-25-48(26-24-47)79-80-49-27-29-50(91-6)30-28-49/h8-30,41-43,51-56,59-60H,31-40,69H2,1-7H3,(H2,70,81)(H2,71,82)(H,72,86)(H,73,89)(H,74,87)(H,75,84)(H,76,85)(H,77,83)(H,78,88)/t43-,51+,52+,53+,54+,55+,56+,59+,60+/m1/s1. The predicted octanol–water partition coefficient (Wildman–Crippen LogP) is 4.56. The number of esters is 1. The first-order chi connectivity index (χ1) is 44.9. The molecule has 94 heavy (non-hydrogen) atoms. The van der Waals surface area contributed by atoms with Crippen LogP contribution in [0.1, 0.15) is 89.0 Å². The molecule has 0 bridgehead atoms. The zero-order valence-electron chi connectivity index (χ0n) is 54.0. The third-order valence-corrected chi connectivity index (χ3v) is 15.4. The van der Waals surface area contributed by atoms with E-state index in [4.69, 9.17) is 31.4 Å². The molecule has 9 amide bonds. The van der Waals surface area contributed by atoms with E-state index in [1.54, 1.807) is 151 Å². The summed E-state index contributed by atoms with van der Waals surface area (Å²) in [6.07, 6.45) is -0.608. The molecular weight excluding hydrogens is 1220 g/mol. The third kappa shape index (κ3) is 26.2. The maximum Gasteiger partial charge on any atom is 0.331 e. The molecular formula is C68H88N12O13S. The smallest absolute Gasteiger partial charge is 0.331 e. The number of carbonyl (C=O) groups excluding carboxylic acids is 10. The molecule has 0 unspecified atom stereocenters. The molecule has 5 aromatic rings. The highest BCUT2D eigenvalue weighted by molar-refractivity contribution is 7.98. The second-order valence-electron chi connectivity index (χ2n) is 23.3. The van der Waals surface area contributed by atoms with Crippen LogP contribution in [0.2, 0.25) is 0 Å². The van der Waals surface area contributed by atoms with Crippen LogP contribution in [0.5, 0.6) is 5.75 Å². The summed E-state index contributed by atoms with van der Waals surface area (Å²) >= 11 is 1.34. The first kappa shape index (κ1) is 75.2. The van der Waals surface area contributed by atoms with Crippen molar-refractivity contribution in [1.82, 2.24) is 37.2 Å². The van der Waals surface area contributed by atoms with Crippen LogP contribution >= 0.6 is 11.8 Å². The van der Waals surface area contributed by atoms with Crippen LogP contribution < -0.4 is 59.2 Å². The lowest BCUT2D eigenvalue weighted by atomic mass is 9.99. The molecule has 0 aromatic heterocycles. The molecule has 5 rings (SSSR count). The summed E-state index contributed by atoms with van der Waals surface area (Å²) in [7, 11) is 1.56. The SMILES string of the molecule is COc1ccc(N=Nc2ccc(COC(=O)[C@@H](NC(=O)[C@H](CC(N)=O)NC(=O)[C@H](CCSC)NC(=O)[C@H](CC(C)C)NC(=O)[C@H](Cc3ccccc3)NC(=O)[C@H](CCC(N)=O)NC(=O)[C@@H](NC(=O)[C@@H](N)Cc3ccccc3)C(C)C)[C@@H](C)OCc3ccccc3)cc2)cc1. The number of rotatable bonds is 39. The van der Waals surface area contributed by atoms with Crippen LogP contribution in [0.15, 0.2) is 150 Å². The van der Waals surface area contributed by atoms with Crippen LogP contribution in [-0.2, 0) is 83.5 Å². The Bertz CT molecular complexity index is 3310. The highest BCUT2D eigenvalue weighted by Gasteiger charge is 2.37. The van der Waals surface area contributed by atoms with E-state index < -0.39 is 126 Å². The quantitative estimate of drug-likeness (QED) is 0.0190. The molecule has 9 atom stereocenters. The van der Waals surface area contributed by atoms with Gasteiger partial charge in [-0.1, -0.05) is 131 Å². The Kier molecular flexibility index (Phi) is 31.3. The van der Waals surface area contributed by atoms with Crippen molar-refractivity contribution in [2.24, 2.45) is 39.3 Å². The summed E-state index contributed by atoms with van der Waals surface area (Å²) in [4.78, 5) is 139. The van der Waals surface area contributed by atoms with Gasteiger partial charge in [0.05, 0.1) is 43.7 Å². The molecule has 0 heterocycles. The fourth-order valence-electron chi connectivity index (χ4n) is 9.53.